The molecule has 1 fully saturated rings. The van der Waals surface area contributed by atoms with Crippen LogP contribution in [0.15, 0.2) is 55.1 Å². The van der Waals surface area contributed by atoms with E-state index in [1.807, 2.05) is 31.2 Å². The van der Waals surface area contributed by atoms with E-state index in [0.29, 0.717) is 12.4 Å². The van der Waals surface area contributed by atoms with Crippen LogP contribution >= 0.6 is 0 Å². The standard InChI is InChI=1S/C24H28N6O2/c1-16-7-8-17(11-21(16)30-24(32)29-20-5-2-3-6-22(20)31)13-28-19-12-18(14-25-15-19)23-26-9-4-10-27-23/h4,7-12,14-15,20,22,28,31H,2-3,5-6,13H2,1H3,(H2,29,30,32)/t20-,22+/m1/s1. The average molecular weight is 433 g/mol. The Bertz CT molecular complexity index is 1060. The van der Waals surface area contributed by atoms with Crippen molar-refractivity contribution in [3.05, 3.63) is 66.2 Å². The van der Waals surface area contributed by atoms with E-state index < -0.39 is 6.10 Å². The number of carbonyl (C=O) groups excluding carboxylic acids is 1. The van der Waals surface area contributed by atoms with Crippen molar-refractivity contribution >= 4 is 17.4 Å². The molecule has 3 aromatic rings. The maximum atomic E-state index is 12.5. The number of nitrogens with one attached hydrogen (secondary N) is 3. The lowest BCUT2D eigenvalue weighted by atomic mass is 9.93. The van der Waals surface area contributed by atoms with Gasteiger partial charge in [0.05, 0.1) is 17.8 Å². The Labute approximate surface area is 187 Å². The molecular formula is C24H28N6O2. The zero-order valence-corrected chi connectivity index (χ0v) is 18.1. The van der Waals surface area contributed by atoms with Crippen LogP contribution in [0.25, 0.3) is 11.4 Å². The maximum absolute atomic E-state index is 12.5. The van der Waals surface area contributed by atoms with Crippen LogP contribution in [0.5, 0.6) is 0 Å². The molecule has 8 heteroatoms. The number of hydrogen-bond donors (Lipinski definition) is 4. The van der Waals surface area contributed by atoms with E-state index >= 15 is 0 Å². The maximum Gasteiger partial charge on any atom is 0.319 e. The number of aliphatic hydroxyl groups is 1. The smallest absolute Gasteiger partial charge is 0.319 e. The van der Waals surface area contributed by atoms with E-state index in [1.54, 1.807) is 30.9 Å². The number of aromatic nitrogens is 3. The number of hydrogen-bond acceptors (Lipinski definition) is 6. The largest absolute Gasteiger partial charge is 0.391 e. The van der Waals surface area contributed by atoms with E-state index in [9.17, 15) is 9.90 Å². The monoisotopic (exact) mass is 432 g/mol. The van der Waals surface area contributed by atoms with Crippen LogP contribution in [0.1, 0.15) is 36.8 Å². The first-order valence-corrected chi connectivity index (χ1v) is 10.9. The molecule has 166 valence electrons. The molecule has 0 bridgehead atoms. The van der Waals surface area contributed by atoms with Gasteiger partial charge in [0.2, 0.25) is 0 Å². The molecule has 0 radical (unpaired) electrons. The predicted octanol–water partition coefficient (Wildman–Crippen LogP) is 3.88. The lowest BCUT2D eigenvalue weighted by Gasteiger charge is -2.28. The second-order valence-electron chi connectivity index (χ2n) is 8.09. The number of urea groups is 1. The van der Waals surface area contributed by atoms with Crippen molar-refractivity contribution in [1.82, 2.24) is 20.3 Å². The molecule has 8 nitrogen and oxygen atoms in total. The third-order valence-electron chi connectivity index (χ3n) is 5.66. The summed E-state index contributed by atoms with van der Waals surface area (Å²) in [6, 6.07) is 9.21. The van der Waals surface area contributed by atoms with E-state index in [-0.39, 0.29) is 12.1 Å². The summed E-state index contributed by atoms with van der Waals surface area (Å²) in [5.74, 6) is 0.625. The summed E-state index contributed by atoms with van der Waals surface area (Å²) >= 11 is 0. The number of nitrogens with zero attached hydrogens (tertiary/aromatic N) is 3. The van der Waals surface area contributed by atoms with Crippen molar-refractivity contribution in [2.24, 2.45) is 0 Å². The third-order valence-corrected chi connectivity index (χ3v) is 5.66. The Morgan fingerprint density at radius 2 is 1.94 bits per heavy atom. The Balaban J connectivity index is 1.38. The third kappa shape index (κ3) is 5.59. The molecule has 4 N–H and O–H groups in total. The highest BCUT2D eigenvalue weighted by molar-refractivity contribution is 5.90. The molecule has 1 aromatic carbocycles. The fourth-order valence-corrected chi connectivity index (χ4v) is 3.83. The van der Waals surface area contributed by atoms with Crippen molar-refractivity contribution in [2.75, 3.05) is 10.6 Å². The topological polar surface area (TPSA) is 112 Å². The number of aliphatic hydroxyl groups excluding tert-OH is 1. The number of pyridine rings is 1. The molecule has 2 amide bonds. The van der Waals surface area contributed by atoms with Crippen molar-refractivity contribution in [2.45, 2.75) is 51.3 Å². The second-order valence-corrected chi connectivity index (χ2v) is 8.09. The van der Waals surface area contributed by atoms with Crippen LogP contribution in [0.3, 0.4) is 0 Å². The van der Waals surface area contributed by atoms with Crippen molar-refractivity contribution in [3.8, 4) is 11.4 Å². The Morgan fingerprint density at radius 1 is 1.12 bits per heavy atom. The number of carbonyl (C=O) groups is 1. The average Bonchev–Trinajstić information content (AvgIpc) is 2.82. The quantitative estimate of drug-likeness (QED) is 0.470. The molecule has 2 aromatic heterocycles. The van der Waals surface area contributed by atoms with Gasteiger partial charge in [-0.2, -0.15) is 0 Å². The van der Waals surface area contributed by atoms with Crippen LogP contribution in [-0.4, -0.2) is 38.2 Å². The fraction of sp³-hybridized carbons (Fsp3) is 0.333. The van der Waals surface area contributed by atoms with Gasteiger partial charge in [-0.15, -0.1) is 0 Å². The van der Waals surface area contributed by atoms with Gasteiger partial charge >= 0.3 is 6.03 Å². The van der Waals surface area contributed by atoms with Gasteiger partial charge in [-0.05, 0) is 49.1 Å². The van der Waals surface area contributed by atoms with Gasteiger partial charge in [0.15, 0.2) is 5.82 Å². The number of aryl methyl sites for hydroxylation is 1. The summed E-state index contributed by atoms with van der Waals surface area (Å²) < 4.78 is 0. The second kappa shape index (κ2) is 10.2. The van der Waals surface area contributed by atoms with Crippen LogP contribution < -0.4 is 16.0 Å². The minimum absolute atomic E-state index is 0.192. The molecule has 0 saturated heterocycles. The number of amides is 2. The molecule has 1 aliphatic carbocycles. The molecule has 0 spiro atoms. The van der Waals surface area contributed by atoms with Crippen molar-refractivity contribution in [1.29, 1.82) is 0 Å². The van der Waals surface area contributed by atoms with Gasteiger partial charge in [-0.3, -0.25) is 4.98 Å². The molecule has 1 saturated carbocycles. The predicted molar refractivity (Wildman–Crippen MR) is 124 cm³/mol. The summed E-state index contributed by atoms with van der Waals surface area (Å²) in [4.78, 5) is 25.3. The van der Waals surface area contributed by atoms with Crippen LogP contribution in [-0.2, 0) is 6.54 Å². The first-order valence-electron chi connectivity index (χ1n) is 10.9. The highest BCUT2D eigenvalue weighted by Crippen LogP contribution is 2.21. The normalized spacial score (nSPS) is 18.1. The zero-order valence-electron chi connectivity index (χ0n) is 18.1. The minimum atomic E-state index is -0.475. The molecule has 32 heavy (non-hydrogen) atoms. The number of benzene rings is 1. The first kappa shape index (κ1) is 21.7. The molecule has 0 aliphatic heterocycles. The summed E-state index contributed by atoms with van der Waals surface area (Å²) in [5.41, 5.74) is 4.43. The van der Waals surface area contributed by atoms with Gasteiger partial charge in [0.1, 0.15) is 0 Å². The van der Waals surface area contributed by atoms with Crippen molar-refractivity contribution in [3.63, 3.8) is 0 Å². The lowest BCUT2D eigenvalue weighted by molar-refractivity contribution is 0.0955. The summed E-state index contributed by atoms with van der Waals surface area (Å²) in [6.07, 6.45) is 9.98. The van der Waals surface area contributed by atoms with Crippen LogP contribution in [0, 0.1) is 6.92 Å². The first-order chi connectivity index (χ1) is 15.6. The molecule has 2 atom stereocenters. The highest BCUT2D eigenvalue weighted by atomic mass is 16.3. The van der Waals surface area contributed by atoms with Gasteiger partial charge in [0, 0.05) is 42.6 Å². The Morgan fingerprint density at radius 3 is 2.75 bits per heavy atom. The SMILES string of the molecule is Cc1ccc(CNc2cncc(-c3ncccn3)c2)cc1NC(=O)N[C@@H]1CCCC[C@@H]1O. The molecule has 2 heterocycles. The van der Waals surface area contributed by atoms with E-state index in [2.05, 4.69) is 30.9 Å². The summed E-state index contributed by atoms with van der Waals surface area (Å²) in [7, 11) is 0. The molecule has 0 unspecified atom stereocenters. The fourth-order valence-electron chi connectivity index (χ4n) is 3.83. The molecular weight excluding hydrogens is 404 g/mol. The Kier molecular flexibility index (Phi) is 6.91. The Hall–Kier alpha value is -3.52. The number of rotatable bonds is 6. The molecule has 4 rings (SSSR count). The van der Waals surface area contributed by atoms with Gasteiger partial charge in [-0.25, -0.2) is 14.8 Å². The van der Waals surface area contributed by atoms with Crippen LogP contribution in [0.2, 0.25) is 0 Å². The van der Waals surface area contributed by atoms with E-state index in [4.69, 9.17) is 0 Å². The van der Waals surface area contributed by atoms with Crippen molar-refractivity contribution < 1.29 is 9.90 Å². The van der Waals surface area contributed by atoms with E-state index in [0.717, 1.165) is 53.7 Å². The highest BCUT2D eigenvalue weighted by Gasteiger charge is 2.24. The van der Waals surface area contributed by atoms with Crippen LogP contribution in [0.4, 0.5) is 16.2 Å². The number of anilines is 2. The zero-order chi connectivity index (χ0) is 22.3. The summed E-state index contributed by atoms with van der Waals surface area (Å²) in [5, 5.41) is 19.3. The minimum Gasteiger partial charge on any atom is -0.391 e. The molecule has 1 aliphatic rings. The van der Waals surface area contributed by atoms with Gasteiger partial charge in [0.25, 0.3) is 0 Å². The van der Waals surface area contributed by atoms with E-state index in [1.165, 1.54) is 0 Å². The van der Waals surface area contributed by atoms with Gasteiger partial charge in [-0.1, -0.05) is 25.0 Å². The summed E-state index contributed by atoms with van der Waals surface area (Å²) in [6.45, 7) is 2.52. The van der Waals surface area contributed by atoms with Gasteiger partial charge < -0.3 is 21.1 Å². The lowest BCUT2D eigenvalue weighted by Crippen LogP contribution is -2.46.